The van der Waals surface area contributed by atoms with Crippen LogP contribution in [0.3, 0.4) is 0 Å². The third-order valence-electron chi connectivity index (χ3n) is 5.78. The Hall–Kier alpha value is -4.18. The Balaban J connectivity index is 0.000000420. The lowest BCUT2D eigenvalue weighted by atomic mass is 9.86. The standard InChI is InChI=1S/2C13H22N4O4/c1-13(2,3)10(7-16(4-5-18)12(20)21)17-6-9(11(14)19)15-8-17;1-13(2,3)21-12(20)17(6-7-18)5-4-16-8-10(11(14)19)15-9-16/h6,8,10,18H,4-5,7H2,1-3H3,(H2,14,19)(H,20,21);8-9,18H,4-7H2,1-3H3,(H2,14,19). The molecule has 2 rings (SSSR count). The van der Waals surface area contributed by atoms with Crippen molar-refractivity contribution >= 4 is 24.0 Å². The van der Waals surface area contributed by atoms with Crippen molar-refractivity contribution in [3.63, 3.8) is 0 Å². The molecule has 16 nitrogen and oxygen atoms in total. The molecule has 1 unspecified atom stereocenters. The van der Waals surface area contributed by atoms with Gasteiger partial charge in [0, 0.05) is 45.1 Å². The summed E-state index contributed by atoms with van der Waals surface area (Å²) in [5, 5.41) is 27.2. The summed E-state index contributed by atoms with van der Waals surface area (Å²) < 4.78 is 8.60. The molecule has 0 bridgehead atoms. The van der Waals surface area contributed by atoms with Crippen molar-refractivity contribution in [3.8, 4) is 0 Å². The van der Waals surface area contributed by atoms with Crippen molar-refractivity contribution in [2.24, 2.45) is 16.9 Å². The SMILES string of the molecule is CC(C)(C)C(CN(CCO)C(=O)O)n1cnc(C(N)=O)c1.CC(C)(C)OC(=O)N(CCO)CCn1cnc(C(N)=O)c1. The zero-order valence-electron chi connectivity index (χ0n) is 25.1. The molecule has 4 amide bonds. The highest BCUT2D eigenvalue weighted by atomic mass is 16.6. The molecule has 1 atom stereocenters. The number of ether oxygens (including phenoxy) is 1. The molecule has 7 N–H and O–H groups in total. The number of aromatic nitrogens is 4. The highest BCUT2D eigenvalue weighted by molar-refractivity contribution is 5.90. The normalized spacial score (nSPS) is 12.1. The number of hydrogen-bond acceptors (Lipinski definition) is 9. The second-order valence-corrected chi connectivity index (χ2v) is 11.5. The van der Waals surface area contributed by atoms with Crippen LogP contribution in [-0.2, 0) is 11.3 Å². The fourth-order valence-corrected chi connectivity index (χ4v) is 3.63. The molecule has 0 fully saturated rings. The van der Waals surface area contributed by atoms with E-state index < -0.39 is 29.6 Å². The molecule has 16 heteroatoms. The maximum atomic E-state index is 12.0. The number of rotatable bonds is 12. The highest BCUT2D eigenvalue weighted by Crippen LogP contribution is 2.31. The van der Waals surface area contributed by atoms with Gasteiger partial charge >= 0.3 is 12.2 Å². The average molecular weight is 597 g/mol. The zero-order valence-corrected chi connectivity index (χ0v) is 25.1. The molecule has 0 aliphatic rings. The van der Waals surface area contributed by atoms with E-state index in [1.165, 1.54) is 29.9 Å². The van der Waals surface area contributed by atoms with Gasteiger partial charge in [0.1, 0.15) is 17.0 Å². The molecular weight excluding hydrogens is 552 g/mol. The van der Waals surface area contributed by atoms with Gasteiger partial charge in [-0.3, -0.25) is 9.59 Å². The number of nitrogens with zero attached hydrogens (tertiary/aromatic N) is 6. The summed E-state index contributed by atoms with van der Waals surface area (Å²) >= 11 is 0. The van der Waals surface area contributed by atoms with Gasteiger partial charge in [-0.15, -0.1) is 0 Å². The zero-order chi connectivity index (χ0) is 32.3. The van der Waals surface area contributed by atoms with Crippen LogP contribution in [0.15, 0.2) is 25.0 Å². The van der Waals surface area contributed by atoms with Crippen LogP contribution >= 0.6 is 0 Å². The first-order valence-corrected chi connectivity index (χ1v) is 13.2. The van der Waals surface area contributed by atoms with Gasteiger partial charge in [0.25, 0.3) is 11.8 Å². The monoisotopic (exact) mass is 596 g/mol. The minimum Gasteiger partial charge on any atom is -0.465 e. The predicted molar refractivity (Wildman–Crippen MR) is 152 cm³/mol. The van der Waals surface area contributed by atoms with Crippen molar-refractivity contribution in [3.05, 3.63) is 36.4 Å². The van der Waals surface area contributed by atoms with Gasteiger partial charge in [0.2, 0.25) is 0 Å². The summed E-state index contributed by atoms with van der Waals surface area (Å²) in [6.45, 7) is 11.9. The van der Waals surface area contributed by atoms with Crippen molar-refractivity contribution < 1.29 is 39.2 Å². The van der Waals surface area contributed by atoms with Crippen molar-refractivity contribution in [1.29, 1.82) is 0 Å². The van der Waals surface area contributed by atoms with Gasteiger partial charge in [-0.1, -0.05) is 20.8 Å². The molecular formula is C26H44N8O8. The summed E-state index contributed by atoms with van der Waals surface area (Å²) in [7, 11) is 0. The molecule has 2 aromatic heterocycles. The summed E-state index contributed by atoms with van der Waals surface area (Å²) in [4.78, 5) is 55.6. The Morgan fingerprint density at radius 3 is 1.83 bits per heavy atom. The van der Waals surface area contributed by atoms with E-state index in [0.29, 0.717) is 13.1 Å². The number of aliphatic hydroxyl groups is 2. The molecule has 236 valence electrons. The largest absolute Gasteiger partial charge is 0.465 e. The highest BCUT2D eigenvalue weighted by Gasteiger charge is 2.30. The van der Waals surface area contributed by atoms with Gasteiger partial charge in [-0.2, -0.15) is 0 Å². The van der Waals surface area contributed by atoms with Gasteiger partial charge < -0.3 is 50.5 Å². The molecule has 0 aliphatic heterocycles. The van der Waals surface area contributed by atoms with Crippen LogP contribution in [0.1, 0.15) is 68.6 Å². The number of nitrogens with two attached hydrogens (primary N) is 2. The molecule has 0 saturated carbocycles. The summed E-state index contributed by atoms with van der Waals surface area (Å²) in [6.07, 6.45) is 4.35. The Morgan fingerprint density at radius 1 is 0.881 bits per heavy atom. The van der Waals surface area contributed by atoms with Gasteiger partial charge in [0.05, 0.1) is 31.9 Å². The number of amides is 4. The van der Waals surface area contributed by atoms with E-state index in [1.807, 2.05) is 20.8 Å². The first-order chi connectivity index (χ1) is 19.4. The average Bonchev–Trinajstić information content (AvgIpc) is 3.53. The van der Waals surface area contributed by atoms with Crippen molar-refractivity contribution in [2.75, 3.05) is 39.4 Å². The smallest absolute Gasteiger partial charge is 0.410 e. The number of primary amides is 2. The molecule has 42 heavy (non-hydrogen) atoms. The molecule has 0 saturated heterocycles. The number of carbonyl (C=O) groups excluding carboxylic acids is 3. The Bertz CT molecular complexity index is 1180. The number of carbonyl (C=O) groups is 4. The fraction of sp³-hybridized carbons (Fsp3) is 0.615. The lowest BCUT2D eigenvalue weighted by molar-refractivity contribution is 0.0212. The van der Waals surface area contributed by atoms with Crippen LogP contribution in [0, 0.1) is 5.41 Å². The van der Waals surface area contributed by atoms with Crippen molar-refractivity contribution in [1.82, 2.24) is 28.9 Å². The molecule has 0 aromatic carbocycles. The predicted octanol–water partition coefficient (Wildman–Crippen LogP) is 0.753. The van der Waals surface area contributed by atoms with Crippen LogP contribution in [0.4, 0.5) is 9.59 Å². The quantitative estimate of drug-likeness (QED) is 0.231. The number of imidazole rings is 2. The van der Waals surface area contributed by atoms with E-state index in [4.69, 9.17) is 26.4 Å². The summed E-state index contributed by atoms with van der Waals surface area (Å²) in [6, 6.07) is -0.249. The van der Waals surface area contributed by atoms with Crippen LogP contribution in [0.5, 0.6) is 0 Å². The molecule has 0 spiro atoms. The third-order valence-corrected chi connectivity index (χ3v) is 5.78. The topological polar surface area (TPSA) is 232 Å². The van der Waals surface area contributed by atoms with Gasteiger partial charge in [-0.25, -0.2) is 19.6 Å². The number of carboxylic acid groups (broad SMARTS) is 1. The lowest BCUT2D eigenvalue weighted by Gasteiger charge is -2.35. The second-order valence-electron chi connectivity index (χ2n) is 11.5. The third kappa shape index (κ3) is 12.1. The van der Waals surface area contributed by atoms with E-state index >= 15 is 0 Å². The first kappa shape index (κ1) is 35.8. The molecule has 2 aromatic rings. The van der Waals surface area contributed by atoms with Crippen LogP contribution in [0.25, 0.3) is 0 Å². The number of hydrogen-bond donors (Lipinski definition) is 5. The van der Waals surface area contributed by atoms with Gasteiger partial charge in [0.15, 0.2) is 0 Å². The minimum atomic E-state index is -1.10. The van der Waals surface area contributed by atoms with E-state index in [2.05, 4.69) is 9.97 Å². The lowest BCUT2D eigenvalue weighted by Crippen LogP contribution is -2.41. The number of aliphatic hydroxyl groups excluding tert-OH is 2. The Kier molecular flexibility index (Phi) is 13.4. The maximum Gasteiger partial charge on any atom is 0.410 e. The van der Waals surface area contributed by atoms with E-state index in [1.54, 1.807) is 29.9 Å². The Labute approximate surface area is 244 Å². The van der Waals surface area contributed by atoms with Crippen LogP contribution in [-0.4, -0.2) is 113 Å². The Morgan fingerprint density at radius 2 is 1.40 bits per heavy atom. The van der Waals surface area contributed by atoms with E-state index in [-0.39, 0.29) is 55.7 Å². The second kappa shape index (κ2) is 15.7. The van der Waals surface area contributed by atoms with Crippen molar-refractivity contribution in [2.45, 2.75) is 59.7 Å². The summed E-state index contributed by atoms with van der Waals surface area (Å²) in [5.74, 6) is -1.24. The molecule has 2 heterocycles. The van der Waals surface area contributed by atoms with Gasteiger partial charge in [-0.05, 0) is 26.2 Å². The molecule has 0 radical (unpaired) electrons. The maximum absolute atomic E-state index is 12.0. The first-order valence-electron chi connectivity index (χ1n) is 13.2. The minimum absolute atomic E-state index is 0.0271. The molecule has 0 aliphatic carbocycles. The fourth-order valence-electron chi connectivity index (χ4n) is 3.63. The van der Waals surface area contributed by atoms with Crippen LogP contribution in [0.2, 0.25) is 0 Å². The summed E-state index contributed by atoms with van der Waals surface area (Å²) in [5.41, 5.74) is 9.72. The van der Waals surface area contributed by atoms with E-state index in [0.717, 1.165) is 4.90 Å². The van der Waals surface area contributed by atoms with Crippen LogP contribution < -0.4 is 11.5 Å². The van der Waals surface area contributed by atoms with E-state index in [9.17, 15) is 24.3 Å².